The fraction of sp³-hybridized carbons (Fsp3) is 0.214. The number of hydrogen-bond donors (Lipinski definition) is 0. The maximum absolute atomic E-state index is 11.2. The number of aldehydes is 1. The highest BCUT2D eigenvalue weighted by Crippen LogP contribution is 2.29. The zero-order valence-electron chi connectivity index (χ0n) is 9.44. The van der Waals surface area contributed by atoms with E-state index in [1.165, 1.54) is 0 Å². The first-order valence-corrected chi connectivity index (χ1v) is 5.21. The molecule has 1 unspecified atom stereocenters. The van der Waals surface area contributed by atoms with Crippen LogP contribution >= 0.6 is 0 Å². The van der Waals surface area contributed by atoms with Crippen LogP contribution in [0.15, 0.2) is 42.5 Å². The molecule has 0 bridgehead atoms. The summed E-state index contributed by atoms with van der Waals surface area (Å²) >= 11 is 0. The van der Waals surface area contributed by atoms with Crippen molar-refractivity contribution < 1.29 is 9.53 Å². The van der Waals surface area contributed by atoms with Gasteiger partial charge in [-0.3, -0.25) is 4.79 Å². The second kappa shape index (κ2) is 4.06. The van der Waals surface area contributed by atoms with Gasteiger partial charge in [0.2, 0.25) is 0 Å². The smallest absolute Gasteiger partial charge is 0.156 e. The molecule has 82 valence electrons. The molecule has 0 spiro atoms. The molecule has 0 saturated heterocycles. The van der Waals surface area contributed by atoms with Crippen LogP contribution in [-0.4, -0.2) is 13.4 Å². The second-order valence-electron chi connectivity index (χ2n) is 3.96. The Morgan fingerprint density at radius 1 is 1.12 bits per heavy atom. The van der Waals surface area contributed by atoms with Gasteiger partial charge < -0.3 is 4.74 Å². The third-order valence-electron chi connectivity index (χ3n) is 2.97. The molecule has 2 rings (SSSR count). The lowest BCUT2D eigenvalue weighted by atomic mass is 9.92. The standard InChI is InChI=1S/C14H14O2/c1-14(10-15,16-2)13-9-5-7-11-6-3-4-8-12(11)13/h3-10H,1-2H3. The minimum absolute atomic E-state index is 0.842. The quantitative estimate of drug-likeness (QED) is 0.734. The molecule has 2 aromatic carbocycles. The van der Waals surface area contributed by atoms with E-state index in [0.29, 0.717) is 0 Å². The molecule has 2 aromatic rings. The van der Waals surface area contributed by atoms with Crippen LogP contribution in [0.5, 0.6) is 0 Å². The minimum atomic E-state index is -0.874. The fourth-order valence-electron chi connectivity index (χ4n) is 1.88. The van der Waals surface area contributed by atoms with Crippen LogP contribution in [0.25, 0.3) is 10.8 Å². The highest BCUT2D eigenvalue weighted by molar-refractivity contribution is 5.89. The lowest BCUT2D eigenvalue weighted by Gasteiger charge is -2.23. The number of methoxy groups -OCH3 is 1. The van der Waals surface area contributed by atoms with E-state index in [0.717, 1.165) is 22.6 Å². The number of hydrogen-bond acceptors (Lipinski definition) is 2. The van der Waals surface area contributed by atoms with E-state index in [2.05, 4.69) is 0 Å². The van der Waals surface area contributed by atoms with Gasteiger partial charge in [-0.1, -0.05) is 42.5 Å². The predicted molar refractivity (Wildman–Crippen MR) is 64.4 cm³/mol. The molecule has 0 radical (unpaired) electrons. The molecule has 0 fully saturated rings. The van der Waals surface area contributed by atoms with Crippen molar-refractivity contribution in [3.05, 3.63) is 48.0 Å². The zero-order valence-corrected chi connectivity index (χ0v) is 9.44. The zero-order chi connectivity index (χ0) is 11.6. The Kier molecular flexibility index (Phi) is 2.75. The van der Waals surface area contributed by atoms with Gasteiger partial charge in [-0.05, 0) is 23.3 Å². The number of ether oxygens (including phenoxy) is 1. The van der Waals surface area contributed by atoms with Gasteiger partial charge in [0, 0.05) is 7.11 Å². The number of fused-ring (bicyclic) bond motifs is 1. The lowest BCUT2D eigenvalue weighted by Crippen LogP contribution is -2.26. The predicted octanol–water partition coefficient (Wildman–Crippen LogP) is 2.90. The van der Waals surface area contributed by atoms with Gasteiger partial charge in [-0.2, -0.15) is 0 Å². The molecule has 0 aliphatic rings. The van der Waals surface area contributed by atoms with Crippen LogP contribution in [0.1, 0.15) is 12.5 Å². The second-order valence-corrected chi connectivity index (χ2v) is 3.96. The van der Waals surface area contributed by atoms with Gasteiger partial charge in [0.1, 0.15) is 5.60 Å². The van der Waals surface area contributed by atoms with Crippen molar-refractivity contribution in [2.75, 3.05) is 7.11 Å². The average Bonchev–Trinajstić information content (AvgIpc) is 2.37. The van der Waals surface area contributed by atoms with Gasteiger partial charge in [-0.25, -0.2) is 0 Å². The van der Waals surface area contributed by atoms with E-state index in [9.17, 15) is 4.79 Å². The largest absolute Gasteiger partial charge is 0.366 e. The Hall–Kier alpha value is -1.67. The van der Waals surface area contributed by atoms with Crippen LogP contribution in [0.2, 0.25) is 0 Å². The van der Waals surface area contributed by atoms with Crippen LogP contribution in [0.4, 0.5) is 0 Å². The summed E-state index contributed by atoms with van der Waals surface area (Å²) in [5.41, 5.74) is 0.0315. The summed E-state index contributed by atoms with van der Waals surface area (Å²) in [6, 6.07) is 13.9. The third kappa shape index (κ3) is 1.61. The van der Waals surface area contributed by atoms with Gasteiger partial charge in [0.05, 0.1) is 0 Å². The number of benzene rings is 2. The van der Waals surface area contributed by atoms with Crippen molar-refractivity contribution in [1.29, 1.82) is 0 Å². The van der Waals surface area contributed by atoms with Crippen molar-refractivity contribution in [1.82, 2.24) is 0 Å². The monoisotopic (exact) mass is 214 g/mol. The SMILES string of the molecule is COC(C)(C=O)c1cccc2ccccc12. The molecule has 0 heterocycles. The van der Waals surface area contributed by atoms with E-state index >= 15 is 0 Å². The number of carbonyl (C=O) groups excluding carboxylic acids is 1. The van der Waals surface area contributed by atoms with E-state index in [1.807, 2.05) is 42.5 Å². The molecule has 0 saturated carbocycles. The van der Waals surface area contributed by atoms with E-state index < -0.39 is 5.60 Å². The molecule has 0 aliphatic carbocycles. The van der Waals surface area contributed by atoms with E-state index in [4.69, 9.17) is 4.74 Å². The molecule has 0 amide bonds. The minimum Gasteiger partial charge on any atom is -0.366 e. The molecule has 1 atom stereocenters. The van der Waals surface area contributed by atoms with Gasteiger partial charge in [-0.15, -0.1) is 0 Å². The van der Waals surface area contributed by atoms with Crippen molar-refractivity contribution in [3.63, 3.8) is 0 Å². The Morgan fingerprint density at radius 3 is 2.50 bits per heavy atom. The highest BCUT2D eigenvalue weighted by atomic mass is 16.5. The van der Waals surface area contributed by atoms with E-state index in [-0.39, 0.29) is 0 Å². The summed E-state index contributed by atoms with van der Waals surface area (Å²) < 4.78 is 5.31. The van der Waals surface area contributed by atoms with Crippen molar-refractivity contribution >= 4 is 17.1 Å². The molecule has 0 aromatic heterocycles. The maximum Gasteiger partial charge on any atom is 0.156 e. The first kappa shape index (κ1) is 10.8. The molecule has 16 heavy (non-hydrogen) atoms. The fourth-order valence-corrected chi connectivity index (χ4v) is 1.88. The van der Waals surface area contributed by atoms with Crippen molar-refractivity contribution in [2.45, 2.75) is 12.5 Å². The first-order valence-electron chi connectivity index (χ1n) is 5.21. The molecular formula is C14H14O2. The Balaban J connectivity index is 2.73. The van der Waals surface area contributed by atoms with Crippen LogP contribution in [0, 0.1) is 0 Å². The summed E-state index contributed by atoms with van der Waals surface area (Å²) in [7, 11) is 1.55. The Labute approximate surface area is 94.8 Å². The van der Waals surface area contributed by atoms with Crippen LogP contribution in [-0.2, 0) is 15.1 Å². The third-order valence-corrected chi connectivity index (χ3v) is 2.97. The summed E-state index contributed by atoms with van der Waals surface area (Å²) in [6.45, 7) is 1.78. The lowest BCUT2D eigenvalue weighted by molar-refractivity contribution is -0.126. The molecule has 2 nitrogen and oxygen atoms in total. The maximum atomic E-state index is 11.2. The van der Waals surface area contributed by atoms with Crippen molar-refractivity contribution in [3.8, 4) is 0 Å². The summed E-state index contributed by atoms with van der Waals surface area (Å²) in [6.07, 6.45) is 0.842. The highest BCUT2D eigenvalue weighted by Gasteiger charge is 2.26. The van der Waals surface area contributed by atoms with Gasteiger partial charge >= 0.3 is 0 Å². The van der Waals surface area contributed by atoms with Gasteiger partial charge in [0.15, 0.2) is 6.29 Å². The Bertz CT molecular complexity index is 514. The molecule has 0 aliphatic heterocycles. The summed E-state index contributed by atoms with van der Waals surface area (Å²) in [5, 5.41) is 2.17. The van der Waals surface area contributed by atoms with Crippen LogP contribution < -0.4 is 0 Å². The molecular weight excluding hydrogens is 200 g/mol. The molecule has 0 N–H and O–H groups in total. The van der Waals surface area contributed by atoms with Crippen LogP contribution in [0.3, 0.4) is 0 Å². The Morgan fingerprint density at radius 2 is 1.81 bits per heavy atom. The normalized spacial score (nSPS) is 14.6. The first-order chi connectivity index (χ1) is 7.71. The molecule has 2 heteroatoms. The van der Waals surface area contributed by atoms with Gasteiger partial charge in [0.25, 0.3) is 0 Å². The average molecular weight is 214 g/mol. The topological polar surface area (TPSA) is 26.3 Å². The summed E-state index contributed by atoms with van der Waals surface area (Å²) in [5.74, 6) is 0. The number of carbonyl (C=O) groups is 1. The van der Waals surface area contributed by atoms with E-state index in [1.54, 1.807) is 14.0 Å². The van der Waals surface area contributed by atoms with Crippen molar-refractivity contribution in [2.24, 2.45) is 0 Å². The summed E-state index contributed by atoms with van der Waals surface area (Å²) in [4.78, 5) is 11.2. The number of rotatable bonds is 3.